The first kappa shape index (κ1) is 16.8. The maximum absolute atomic E-state index is 6.11. The van der Waals surface area contributed by atoms with Crippen LogP contribution in [0.2, 0.25) is 0 Å². The molecule has 1 saturated carbocycles. The highest BCUT2D eigenvalue weighted by Crippen LogP contribution is 2.55. The second-order valence-corrected chi connectivity index (χ2v) is 9.69. The Bertz CT molecular complexity index is 442. The average molecular weight is 308 g/mol. The third-order valence-electron chi connectivity index (χ3n) is 4.94. The Hall–Kier alpha value is -0.590. The van der Waals surface area contributed by atoms with Crippen molar-refractivity contribution in [2.24, 2.45) is 11.3 Å². The van der Waals surface area contributed by atoms with Crippen molar-refractivity contribution in [3.63, 3.8) is 0 Å². The average Bonchev–Trinajstić information content (AvgIpc) is 2.44. The van der Waals surface area contributed by atoms with Crippen LogP contribution in [0.15, 0.2) is 30.3 Å². The minimum Gasteiger partial charge on any atom is -0.447 e. The molecule has 21 heavy (non-hydrogen) atoms. The lowest BCUT2D eigenvalue weighted by molar-refractivity contribution is 0.0603. The molecule has 118 valence electrons. The molecule has 0 bridgehead atoms. The molecule has 0 saturated heterocycles. The summed E-state index contributed by atoms with van der Waals surface area (Å²) in [5.41, 5.74) is 0.534. The lowest BCUT2D eigenvalue weighted by atomic mass is 9.61. The molecule has 1 aromatic rings. The van der Waals surface area contributed by atoms with Gasteiger partial charge in [-0.25, -0.2) is 0 Å². The van der Waals surface area contributed by atoms with E-state index in [2.05, 4.69) is 27.7 Å². The second-order valence-electron chi connectivity index (χ2n) is 7.42. The molecule has 2 nitrogen and oxygen atoms in total. The summed E-state index contributed by atoms with van der Waals surface area (Å²) in [6, 6.07) is 10.0. The van der Waals surface area contributed by atoms with Crippen molar-refractivity contribution >= 4 is 8.38 Å². The van der Waals surface area contributed by atoms with Gasteiger partial charge in [0.15, 0.2) is 0 Å². The summed E-state index contributed by atoms with van der Waals surface area (Å²) in [7, 11) is 0.847. The van der Waals surface area contributed by atoms with Crippen molar-refractivity contribution < 1.29 is 9.05 Å². The zero-order chi connectivity index (χ0) is 15.5. The maximum atomic E-state index is 6.11. The highest BCUT2D eigenvalue weighted by Gasteiger charge is 2.41. The van der Waals surface area contributed by atoms with Gasteiger partial charge in [0, 0.05) is 12.3 Å². The van der Waals surface area contributed by atoms with Gasteiger partial charge in [-0.3, -0.25) is 0 Å². The predicted octanol–water partition coefficient (Wildman–Crippen LogP) is 6.02. The topological polar surface area (TPSA) is 18.5 Å². The van der Waals surface area contributed by atoms with Gasteiger partial charge in [-0.1, -0.05) is 45.9 Å². The first-order valence-corrected chi connectivity index (χ1v) is 9.10. The van der Waals surface area contributed by atoms with Gasteiger partial charge in [-0.05, 0) is 49.1 Å². The fraction of sp³-hybridized carbons (Fsp3) is 0.667. The van der Waals surface area contributed by atoms with Crippen LogP contribution in [-0.4, -0.2) is 12.3 Å². The Morgan fingerprint density at radius 2 is 1.90 bits per heavy atom. The lowest BCUT2D eigenvalue weighted by Crippen LogP contribution is -2.36. The Kier molecular flexibility index (Phi) is 5.33. The molecule has 0 amide bonds. The summed E-state index contributed by atoms with van der Waals surface area (Å²) < 4.78 is 11.8. The molecule has 1 aromatic carbocycles. The predicted molar refractivity (Wildman–Crippen MR) is 90.8 cm³/mol. The van der Waals surface area contributed by atoms with E-state index in [1.807, 2.05) is 30.3 Å². The Morgan fingerprint density at radius 1 is 1.24 bits per heavy atom. The highest BCUT2D eigenvalue weighted by molar-refractivity contribution is 7.49. The summed E-state index contributed by atoms with van der Waals surface area (Å²) in [5, 5.41) is 0.0750. The van der Waals surface area contributed by atoms with E-state index in [1.165, 1.54) is 19.3 Å². The SMILES string of the molecule is COP(Oc1ccccc1)C(C)(C)CCC1CCC1(C)C. The maximum Gasteiger partial charge on any atom is 0.235 e. The van der Waals surface area contributed by atoms with Gasteiger partial charge in [0.05, 0.1) is 0 Å². The van der Waals surface area contributed by atoms with Gasteiger partial charge in [-0.2, -0.15) is 0 Å². The van der Waals surface area contributed by atoms with Gasteiger partial charge >= 0.3 is 0 Å². The number of hydrogen-bond acceptors (Lipinski definition) is 2. The molecule has 0 aliphatic heterocycles. The molecular weight excluding hydrogens is 279 g/mol. The monoisotopic (exact) mass is 308 g/mol. The van der Waals surface area contributed by atoms with Gasteiger partial charge in [0.2, 0.25) is 8.38 Å². The summed E-state index contributed by atoms with van der Waals surface area (Å²) in [4.78, 5) is 0. The van der Waals surface area contributed by atoms with Crippen molar-refractivity contribution in [1.29, 1.82) is 0 Å². The summed E-state index contributed by atoms with van der Waals surface area (Å²) >= 11 is 0. The van der Waals surface area contributed by atoms with E-state index in [9.17, 15) is 0 Å². The third-order valence-corrected chi connectivity index (χ3v) is 6.86. The van der Waals surface area contributed by atoms with Crippen molar-refractivity contribution in [2.45, 2.75) is 58.5 Å². The number of benzene rings is 1. The molecule has 2 rings (SSSR count). The molecule has 2 unspecified atom stereocenters. The standard InChI is InChI=1S/C18H29O2P/c1-17(2)13-11-15(17)12-14-18(3,4)21(19-5)20-16-9-7-6-8-10-16/h6-10,15H,11-14H2,1-5H3. The second kappa shape index (κ2) is 6.67. The normalized spacial score (nSPS) is 22.4. The Morgan fingerprint density at radius 3 is 2.38 bits per heavy atom. The first-order valence-electron chi connectivity index (χ1n) is 7.92. The molecule has 0 spiro atoms. The van der Waals surface area contributed by atoms with Gasteiger partial charge in [0.25, 0.3) is 0 Å². The molecule has 1 aliphatic carbocycles. The fourth-order valence-corrected chi connectivity index (χ4v) is 4.51. The van der Waals surface area contributed by atoms with Gasteiger partial charge in [0.1, 0.15) is 5.75 Å². The molecule has 0 aromatic heterocycles. The van der Waals surface area contributed by atoms with Crippen molar-refractivity contribution in [1.82, 2.24) is 0 Å². The minimum atomic E-state index is -0.920. The number of hydrogen-bond donors (Lipinski definition) is 0. The van der Waals surface area contributed by atoms with Crippen LogP contribution < -0.4 is 4.52 Å². The van der Waals surface area contributed by atoms with Gasteiger partial charge < -0.3 is 9.05 Å². The zero-order valence-corrected chi connectivity index (χ0v) is 15.0. The van der Waals surface area contributed by atoms with Crippen LogP contribution in [0.3, 0.4) is 0 Å². The van der Waals surface area contributed by atoms with Gasteiger partial charge in [-0.15, -0.1) is 0 Å². The lowest BCUT2D eigenvalue weighted by Gasteiger charge is -2.46. The van der Waals surface area contributed by atoms with E-state index in [0.717, 1.165) is 18.1 Å². The summed E-state index contributed by atoms with van der Waals surface area (Å²) in [5.74, 6) is 1.77. The smallest absolute Gasteiger partial charge is 0.235 e. The molecule has 2 atom stereocenters. The van der Waals surface area contributed by atoms with Crippen LogP contribution in [0.1, 0.15) is 53.4 Å². The van der Waals surface area contributed by atoms with Crippen molar-refractivity contribution in [3.8, 4) is 5.75 Å². The summed E-state index contributed by atoms with van der Waals surface area (Å²) in [6.45, 7) is 9.34. The summed E-state index contributed by atoms with van der Waals surface area (Å²) in [6.07, 6.45) is 5.19. The van der Waals surface area contributed by atoms with E-state index < -0.39 is 8.38 Å². The Labute approximate surface area is 131 Å². The fourth-order valence-electron chi connectivity index (χ4n) is 3.06. The van der Waals surface area contributed by atoms with Crippen LogP contribution in [0.5, 0.6) is 5.75 Å². The molecule has 1 aliphatic rings. The molecule has 3 heteroatoms. The van der Waals surface area contributed by atoms with Crippen LogP contribution in [0.25, 0.3) is 0 Å². The van der Waals surface area contributed by atoms with Crippen LogP contribution in [0.4, 0.5) is 0 Å². The zero-order valence-electron chi connectivity index (χ0n) is 14.1. The van der Waals surface area contributed by atoms with Crippen LogP contribution in [-0.2, 0) is 4.52 Å². The quantitative estimate of drug-likeness (QED) is 0.573. The minimum absolute atomic E-state index is 0.0750. The number of para-hydroxylation sites is 1. The van der Waals surface area contributed by atoms with E-state index in [4.69, 9.17) is 9.05 Å². The Balaban J connectivity index is 1.92. The molecule has 0 radical (unpaired) electrons. The van der Waals surface area contributed by atoms with Crippen molar-refractivity contribution in [3.05, 3.63) is 30.3 Å². The molecule has 0 heterocycles. The third kappa shape index (κ3) is 4.20. The highest BCUT2D eigenvalue weighted by atomic mass is 31.2. The molecular formula is C18H29O2P. The van der Waals surface area contributed by atoms with E-state index in [-0.39, 0.29) is 5.16 Å². The molecule has 0 N–H and O–H groups in total. The van der Waals surface area contributed by atoms with Crippen LogP contribution in [0, 0.1) is 11.3 Å². The van der Waals surface area contributed by atoms with E-state index in [1.54, 1.807) is 7.11 Å². The van der Waals surface area contributed by atoms with Crippen molar-refractivity contribution in [2.75, 3.05) is 7.11 Å². The van der Waals surface area contributed by atoms with E-state index >= 15 is 0 Å². The first-order chi connectivity index (χ1) is 9.85. The number of rotatable bonds is 7. The van der Waals surface area contributed by atoms with Crippen LogP contribution >= 0.6 is 8.38 Å². The van der Waals surface area contributed by atoms with E-state index in [0.29, 0.717) is 5.41 Å². The largest absolute Gasteiger partial charge is 0.447 e. The molecule has 1 fully saturated rings.